The Labute approximate surface area is 163 Å². The minimum absolute atomic E-state index is 0.0738. The van der Waals surface area contributed by atoms with Crippen LogP contribution in [0.4, 0.5) is 0 Å². The molecule has 6 heteroatoms. The van der Waals surface area contributed by atoms with E-state index in [2.05, 4.69) is 0 Å². The van der Waals surface area contributed by atoms with Gasteiger partial charge in [0, 0.05) is 11.3 Å². The second kappa shape index (κ2) is 9.28. The molecule has 2 heterocycles. The largest absolute Gasteiger partial charge is 0.497 e. The molecular weight excluding hydrogens is 362 g/mol. The number of thiophene rings is 1. The van der Waals surface area contributed by atoms with E-state index >= 15 is 0 Å². The van der Waals surface area contributed by atoms with E-state index in [0.717, 1.165) is 27.7 Å². The quantitative estimate of drug-likeness (QED) is 0.543. The first-order valence-electron chi connectivity index (χ1n) is 8.73. The fraction of sp³-hybridized carbons (Fsp3) is 0.286. The second-order valence-electron chi connectivity index (χ2n) is 6.09. The molecule has 27 heavy (non-hydrogen) atoms. The van der Waals surface area contributed by atoms with Crippen LogP contribution < -0.4 is 9.47 Å². The molecule has 0 unspecified atom stereocenters. The Morgan fingerprint density at radius 2 is 2.00 bits per heavy atom. The molecule has 0 aliphatic heterocycles. The molecule has 5 nitrogen and oxygen atoms in total. The lowest BCUT2D eigenvalue weighted by molar-refractivity contribution is -0.132. The fourth-order valence-electron chi connectivity index (χ4n) is 2.89. The Kier molecular flexibility index (Phi) is 6.54. The minimum Gasteiger partial charge on any atom is -0.497 e. The third kappa shape index (κ3) is 5.14. The fourth-order valence-corrected chi connectivity index (χ4v) is 3.61. The van der Waals surface area contributed by atoms with Gasteiger partial charge in [-0.15, -0.1) is 11.3 Å². The summed E-state index contributed by atoms with van der Waals surface area (Å²) in [5.41, 5.74) is 0.958. The molecule has 0 saturated heterocycles. The Hall–Kier alpha value is -2.73. The molecule has 0 fully saturated rings. The first kappa shape index (κ1) is 19.0. The van der Waals surface area contributed by atoms with Crippen molar-refractivity contribution in [1.29, 1.82) is 0 Å². The number of rotatable bonds is 9. The van der Waals surface area contributed by atoms with Crippen molar-refractivity contribution in [3.8, 4) is 11.5 Å². The van der Waals surface area contributed by atoms with Crippen molar-refractivity contribution in [2.24, 2.45) is 0 Å². The summed E-state index contributed by atoms with van der Waals surface area (Å²) < 4.78 is 16.1. The normalized spacial score (nSPS) is 10.6. The average Bonchev–Trinajstić information content (AvgIpc) is 3.39. The van der Waals surface area contributed by atoms with E-state index in [0.29, 0.717) is 25.9 Å². The maximum absolute atomic E-state index is 12.9. The van der Waals surface area contributed by atoms with Crippen LogP contribution in [0, 0.1) is 0 Å². The van der Waals surface area contributed by atoms with Gasteiger partial charge in [-0.3, -0.25) is 4.79 Å². The molecule has 0 saturated carbocycles. The highest BCUT2D eigenvalue weighted by molar-refractivity contribution is 7.09. The number of nitrogens with zero attached hydrogens (tertiary/aromatic N) is 1. The average molecular weight is 385 g/mol. The minimum atomic E-state index is 0.0738. The number of amides is 1. The van der Waals surface area contributed by atoms with Crippen LogP contribution in [0.3, 0.4) is 0 Å². The molecule has 0 N–H and O–H groups in total. The van der Waals surface area contributed by atoms with Gasteiger partial charge >= 0.3 is 0 Å². The van der Waals surface area contributed by atoms with Crippen molar-refractivity contribution in [3.05, 3.63) is 70.3 Å². The zero-order chi connectivity index (χ0) is 19.1. The highest BCUT2D eigenvalue weighted by Gasteiger charge is 2.17. The molecular formula is C21H23NO4S. The van der Waals surface area contributed by atoms with Gasteiger partial charge in [0.05, 0.1) is 33.6 Å². The summed E-state index contributed by atoms with van der Waals surface area (Å²) in [6.07, 6.45) is 2.60. The molecule has 0 spiro atoms. The maximum atomic E-state index is 12.9. The number of carbonyl (C=O) groups excluding carboxylic acids is 1. The van der Waals surface area contributed by atoms with Crippen molar-refractivity contribution in [2.75, 3.05) is 14.2 Å². The van der Waals surface area contributed by atoms with Gasteiger partial charge in [0.15, 0.2) is 0 Å². The Morgan fingerprint density at radius 3 is 2.67 bits per heavy atom. The van der Waals surface area contributed by atoms with E-state index in [1.807, 2.05) is 52.7 Å². The highest BCUT2D eigenvalue weighted by Crippen LogP contribution is 2.25. The number of furan rings is 1. The van der Waals surface area contributed by atoms with Gasteiger partial charge in [-0.2, -0.15) is 0 Å². The molecule has 0 bridgehead atoms. The zero-order valence-electron chi connectivity index (χ0n) is 15.5. The second-order valence-corrected chi connectivity index (χ2v) is 7.12. The van der Waals surface area contributed by atoms with Crippen LogP contribution in [0.5, 0.6) is 11.5 Å². The summed E-state index contributed by atoms with van der Waals surface area (Å²) in [5.74, 6) is 2.37. The Bertz CT molecular complexity index is 807. The molecule has 0 radical (unpaired) electrons. The van der Waals surface area contributed by atoms with Crippen LogP contribution in [0.25, 0.3) is 0 Å². The molecule has 1 aromatic carbocycles. The van der Waals surface area contributed by atoms with Crippen molar-refractivity contribution in [1.82, 2.24) is 4.90 Å². The molecule has 3 rings (SSSR count). The van der Waals surface area contributed by atoms with Gasteiger partial charge in [-0.25, -0.2) is 0 Å². The van der Waals surface area contributed by atoms with Crippen molar-refractivity contribution in [2.45, 2.75) is 25.9 Å². The predicted octanol–water partition coefficient (Wildman–Crippen LogP) is 4.52. The van der Waals surface area contributed by atoms with Crippen molar-refractivity contribution < 1.29 is 18.7 Å². The van der Waals surface area contributed by atoms with Crippen LogP contribution in [-0.4, -0.2) is 25.0 Å². The SMILES string of the molecule is COc1ccc(OC)c(CCC(=O)N(Cc2ccco2)Cc2cccs2)c1. The molecule has 3 aromatic rings. The van der Waals surface area contributed by atoms with Gasteiger partial charge in [0.1, 0.15) is 17.3 Å². The van der Waals surface area contributed by atoms with E-state index in [4.69, 9.17) is 13.9 Å². The lowest BCUT2D eigenvalue weighted by atomic mass is 10.1. The molecule has 0 aliphatic rings. The number of hydrogen-bond acceptors (Lipinski definition) is 5. The Morgan fingerprint density at radius 1 is 1.11 bits per heavy atom. The van der Waals surface area contributed by atoms with E-state index < -0.39 is 0 Å². The van der Waals surface area contributed by atoms with Crippen molar-refractivity contribution >= 4 is 17.2 Å². The number of benzene rings is 1. The third-order valence-corrected chi connectivity index (χ3v) is 5.16. The van der Waals surface area contributed by atoms with Crippen LogP contribution in [0.15, 0.2) is 58.5 Å². The smallest absolute Gasteiger partial charge is 0.223 e. The number of ether oxygens (including phenoxy) is 2. The van der Waals surface area contributed by atoms with Gasteiger partial charge in [-0.05, 0) is 53.8 Å². The number of carbonyl (C=O) groups is 1. The zero-order valence-corrected chi connectivity index (χ0v) is 16.3. The first-order valence-corrected chi connectivity index (χ1v) is 9.61. The summed E-state index contributed by atoms with van der Waals surface area (Å²) in [7, 11) is 3.26. The van der Waals surface area contributed by atoms with Crippen LogP contribution in [0.2, 0.25) is 0 Å². The van der Waals surface area contributed by atoms with Gasteiger partial charge in [0.2, 0.25) is 5.91 Å². The van der Waals surface area contributed by atoms with Crippen LogP contribution in [0.1, 0.15) is 22.6 Å². The molecule has 0 aliphatic carbocycles. The van der Waals surface area contributed by atoms with Crippen LogP contribution >= 0.6 is 11.3 Å². The first-order chi connectivity index (χ1) is 13.2. The highest BCUT2D eigenvalue weighted by atomic mass is 32.1. The molecule has 1 amide bonds. The third-order valence-electron chi connectivity index (χ3n) is 4.30. The maximum Gasteiger partial charge on any atom is 0.223 e. The van der Waals surface area contributed by atoms with Crippen LogP contribution in [-0.2, 0) is 24.3 Å². The molecule has 2 aromatic heterocycles. The predicted molar refractivity (Wildman–Crippen MR) is 105 cm³/mol. The topological polar surface area (TPSA) is 51.9 Å². The van der Waals surface area contributed by atoms with Gasteiger partial charge in [0.25, 0.3) is 0 Å². The van der Waals surface area contributed by atoms with E-state index in [1.54, 1.807) is 31.8 Å². The molecule has 142 valence electrons. The summed E-state index contributed by atoms with van der Waals surface area (Å²) in [6.45, 7) is 1.03. The van der Waals surface area contributed by atoms with E-state index in [9.17, 15) is 4.79 Å². The van der Waals surface area contributed by atoms with Gasteiger partial charge < -0.3 is 18.8 Å². The van der Waals surface area contributed by atoms with E-state index in [-0.39, 0.29) is 5.91 Å². The number of aryl methyl sites for hydroxylation is 1. The molecule has 0 atom stereocenters. The standard InChI is InChI=1S/C21H23NO4S/c1-24-17-8-9-20(25-2)16(13-17)7-10-21(23)22(14-18-5-3-11-26-18)15-19-6-4-12-27-19/h3-6,8-9,11-13H,7,10,14-15H2,1-2H3. The van der Waals surface area contributed by atoms with Gasteiger partial charge in [-0.1, -0.05) is 6.07 Å². The van der Waals surface area contributed by atoms with E-state index in [1.165, 1.54) is 0 Å². The number of methoxy groups -OCH3 is 2. The lowest BCUT2D eigenvalue weighted by Crippen LogP contribution is -2.29. The Balaban J connectivity index is 1.70. The lowest BCUT2D eigenvalue weighted by Gasteiger charge is -2.21. The number of hydrogen-bond donors (Lipinski definition) is 0. The summed E-state index contributed by atoms with van der Waals surface area (Å²) in [6, 6.07) is 13.4. The summed E-state index contributed by atoms with van der Waals surface area (Å²) in [4.78, 5) is 15.9. The monoisotopic (exact) mass is 385 g/mol. The summed E-state index contributed by atoms with van der Waals surface area (Å²) in [5, 5.41) is 2.02. The summed E-state index contributed by atoms with van der Waals surface area (Å²) >= 11 is 1.65. The van der Waals surface area contributed by atoms with Crippen molar-refractivity contribution in [3.63, 3.8) is 0 Å².